The van der Waals surface area contributed by atoms with E-state index in [-0.39, 0.29) is 5.82 Å². The van der Waals surface area contributed by atoms with Crippen LogP contribution in [0.5, 0.6) is 0 Å². The summed E-state index contributed by atoms with van der Waals surface area (Å²) in [5.74, 6) is -0.231. The average Bonchev–Trinajstić information content (AvgIpc) is 2.43. The van der Waals surface area contributed by atoms with Crippen LogP contribution in [0.2, 0.25) is 0 Å². The molecule has 0 saturated heterocycles. The van der Waals surface area contributed by atoms with Gasteiger partial charge in [-0.1, -0.05) is 48.6 Å². The van der Waals surface area contributed by atoms with Gasteiger partial charge in [0.25, 0.3) is 0 Å². The molecule has 1 N–H and O–H groups in total. The maximum absolute atomic E-state index is 13.7. The van der Waals surface area contributed by atoms with Gasteiger partial charge in [0.2, 0.25) is 0 Å². The van der Waals surface area contributed by atoms with Crippen LogP contribution in [0.15, 0.2) is 42.5 Å². The quantitative estimate of drug-likeness (QED) is 0.664. The second-order valence-corrected chi connectivity index (χ2v) is 4.77. The molecule has 0 radical (unpaired) electrons. The third kappa shape index (κ3) is 1.94. The lowest BCUT2D eigenvalue weighted by molar-refractivity contribution is 0.619. The van der Waals surface area contributed by atoms with Crippen LogP contribution >= 0.6 is 12.2 Å². The average molecular weight is 270 g/mol. The van der Waals surface area contributed by atoms with Gasteiger partial charge < -0.3 is 0 Å². The van der Waals surface area contributed by atoms with Gasteiger partial charge in [-0.25, -0.2) is 4.39 Å². The van der Waals surface area contributed by atoms with Crippen molar-refractivity contribution in [2.75, 3.05) is 0 Å². The number of nitrogens with zero attached hydrogens (tertiary/aromatic N) is 1. The molecule has 94 valence electrons. The molecule has 0 aliphatic carbocycles. The summed E-state index contributed by atoms with van der Waals surface area (Å²) in [5, 5.41) is 8.97. The second kappa shape index (κ2) is 4.55. The Balaban J connectivity index is 2.41. The van der Waals surface area contributed by atoms with Gasteiger partial charge in [0, 0.05) is 16.3 Å². The van der Waals surface area contributed by atoms with E-state index in [0.717, 1.165) is 22.0 Å². The topological polar surface area (TPSA) is 28.7 Å². The molecule has 0 fully saturated rings. The molecule has 1 heterocycles. The Morgan fingerprint density at radius 3 is 2.58 bits per heavy atom. The van der Waals surface area contributed by atoms with Gasteiger partial charge in [0.15, 0.2) is 0 Å². The standard InChI is InChI=1S/C15H11FN2S/c1-9-10(7-4-8-13(9)16)14-11-5-2-3-6-12(11)15(19)18-17-14/h2-8H,1H3,(H,18,19). The van der Waals surface area contributed by atoms with E-state index >= 15 is 0 Å². The number of hydrogen-bond acceptors (Lipinski definition) is 2. The maximum Gasteiger partial charge on any atom is 0.127 e. The summed E-state index contributed by atoms with van der Waals surface area (Å²) in [4.78, 5) is 0. The van der Waals surface area contributed by atoms with E-state index in [1.54, 1.807) is 13.0 Å². The lowest BCUT2D eigenvalue weighted by atomic mass is 10.0. The molecule has 19 heavy (non-hydrogen) atoms. The van der Waals surface area contributed by atoms with Crippen molar-refractivity contribution in [2.24, 2.45) is 0 Å². The number of H-pyrrole nitrogens is 1. The molecule has 2 nitrogen and oxygen atoms in total. The highest BCUT2D eigenvalue weighted by atomic mass is 32.1. The molecule has 0 saturated carbocycles. The van der Waals surface area contributed by atoms with Gasteiger partial charge in [-0.3, -0.25) is 5.10 Å². The molecule has 0 aliphatic heterocycles. The Kier molecular flexibility index (Phi) is 2.87. The van der Waals surface area contributed by atoms with Crippen molar-refractivity contribution in [1.29, 1.82) is 0 Å². The molecular weight excluding hydrogens is 259 g/mol. The largest absolute Gasteiger partial charge is 0.267 e. The zero-order chi connectivity index (χ0) is 13.4. The molecule has 0 spiro atoms. The minimum Gasteiger partial charge on any atom is -0.267 e. The van der Waals surface area contributed by atoms with E-state index in [4.69, 9.17) is 12.2 Å². The number of nitrogens with one attached hydrogen (secondary N) is 1. The summed E-state index contributed by atoms with van der Waals surface area (Å²) in [6.07, 6.45) is 0. The Bertz CT molecular complexity index is 824. The molecule has 0 aliphatic rings. The molecule has 2 aromatic carbocycles. The predicted octanol–water partition coefficient (Wildman–Crippen LogP) is 4.41. The zero-order valence-electron chi connectivity index (χ0n) is 10.3. The Morgan fingerprint density at radius 2 is 1.79 bits per heavy atom. The van der Waals surface area contributed by atoms with Crippen LogP contribution in [0.25, 0.3) is 22.0 Å². The van der Waals surface area contributed by atoms with Crippen molar-refractivity contribution in [3.8, 4) is 11.3 Å². The fourth-order valence-electron chi connectivity index (χ4n) is 2.18. The third-order valence-electron chi connectivity index (χ3n) is 3.22. The van der Waals surface area contributed by atoms with E-state index in [0.29, 0.717) is 10.2 Å². The first kappa shape index (κ1) is 12.0. The normalized spacial score (nSPS) is 10.8. The molecule has 0 amide bonds. The molecule has 0 bridgehead atoms. The van der Waals surface area contributed by atoms with Gasteiger partial charge >= 0.3 is 0 Å². The van der Waals surface area contributed by atoms with Crippen LogP contribution in [-0.2, 0) is 0 Å². The van der Waals surface area contributed by atoms with Crippen molar-refractivity contribution in [3.05, 3.63) is 58.5 Å². The third-order valence-corrected chi connectivity index (χ3v) is 3.53. The first-order chi connectivity index (χ1) is 9.18. The van der Waals surface area contributed by atoms with E-state index in [1.165, 1.54) is 6.07 Å². The molecule has 1 aromatic heterocycles. The molecular formula is C15H11FN2S. The van der Waals surface area contributed by atoms with E-state index in [2.05, 4.69) is 10.2 Å². The molecule has 4 heteroatoms. The SMILES string of the molecule is Cc1c(F)cccc1-c1n[nH]c(=S)c2ccccc12. The van der Waals surface area contributed by atoms with Gasteiger partial charge in [0.1, 0.15) is 10.5 Å². The van der Waals surface area contributed by atoms with Gasteiger partial charge in [-0.2, -0.15) is 5.10 Å². The molecule has 3 rings (SSSR count). The minimum atomic E-state index is -0.231. The number of halogens is 1. The Morgan fingerprint density at radius 1 is 1.05 bits per heavy atom. The van der Waals surface area contributed by atoms with Gasteiger partial charge in [0.05, 0.1) is 5.69 Å². The first-order valence-corrected chi connectivity index (χ1v) is 6.32. The second-order valence-electron chi connectivity index (χ2n) is 4.36. The fraction of sp³-hybridized carbons (Fsp3) is 0.0667. The summed E-state index contributed by atoms with van der Waals surface area (Å²) in [6, 6.07) is 12.7. The monoisotopic (exact) mass is 270 g/mol. The summed E-state index contributed by atoms with van der Waals surface area (Å²) >= 11 is 5.23. The van der Waals surface area contributed by atoms with Crippen LogP contribution in [0.3, 0.4) is 0 Å². The number of aromatic nitrogens is 2. The van der Waals surface area contributed by atoms with E-state index in [1.807, 2.05) is 30.3 Å². The minimum absolute atomic E-state index is 0.231. The highest BCUT2D eigenvalue weighted by molar-refractivity contribution is 7.71. The fourth-order valence-corrected chi connectivity index (χ4v) is 2.41. The van der Waals surface area contributed by atoms with Gasteiger partial charge in [-0.15, -0.1) is 0 Å². The van der Waals surface area contributed by atoms with E-state index < -0.39 is 0 Å². The summed E-state index contributed by atoms with van der Waals surface area (Å²) < 4.78 is 14.3. The number of hydrogen-bond donors (Lipinski definition) is 1. The first-order valence-electron chi connectivity index (χ1n) is 5.91. The van der Waals surface area contributed by atoms with Crippen LogP contribution in [-0.4, -0.2) is 10.2 Å². The Hall–Kier alpha value is -2.07. The van der Waals surface area contributed by atoms with Gasteiger partial charge in [-0.05, 0) is 18.6 Å². The van der Waals surface area contributed by atoms with Crippen molar-refractivity contribution < 1.29 is 4.39 Å². The zero-order valence-corrected chi connectivity index (χ0v) is 11.1. The predicted molar refractivity (Wildman–Crippen MR) is 77.1 cm³/mol. The van der Waals surface area contributed by atoms with Crippen molar-refractivity contribution in [2.45, 2.75) is 6.92 Å². The molecule has 0 unspecified atom stereocenters. The summed E-state index contributed by atoms with van der Waals surface area (Å²) in [7, 11) is 0. The molecule has 3 aromatic rings. The van der Waals surface area contributed by atoms with Crippen molar-refractivity contribution in [3.63, 3.8) is 0 Å². The van der Waals surface area contributed by atoms with Crippen LogP contribution in [0.1, 0.15) is 5.56 Å². The van der Waals surface area contributed by atoms with E-state index in [9.17, 15) is 4.39 Å². The summed E-state index contributed by atoms with van der Waals surface area (Å²) in [6.45, 7) is 1.75. The highest BCUT2D eigenvalue weighted by Gasteiger charge is 2.11. The van der Waals surface area contributed by atoms with Crippen LogP contribution in [0, 0.1) is 17.4 Å². The number of aromatic amines is 1. The highest BCUT2D eigenvalue weighted by Crippen LogP contribution is 2.29. The summed E-state index contributed by atoms with van der Waals surface area (Å²) in [5.41, 5.74) is 2.09. The van der Waals surface area contributed by atoms with Crippen molar-refractivity contribution >= 4 is 23.0 Å². The molecule has 0 atom stereocenters. The Labute approximate surface area is 114 Å². The lowest BCUT2D eigenvalue weighted by Gasteiger charge is -2.09. The number of fused-ring (bicyclic) bond motifs is 1. The maximum atomic E-state index is 13.7. The number of benzene rings is 2. The van der Waals surface area contributed by atoms with Crippen LogP contribution < -0.4 is 0 Å². The van der Waals surface area contributed by atoms with Crippen molar-refractivity contribution in [1.82, 2.24) is 10.2 Å². The number of rotatable bonds is 1. The smallest absolute Gasteiger partial charge is 0.127 e. The van der Waals surface area contributed by atoms with Crippen LogP contribution in [0.4, 0.5) is 4.39 Å². The lowest BCUT2D eigenvalue weighted by Crippen LogP contribution is -1.94.